The SMILES string of the molecule is N=C(N)c1ccc(CNC(=O)c2ccc3c(c2)c2oc3c3cc(C4CC4)c(C4CC4)cc32)cc1. The molecule has 0 unspecified atom stereocenters. The van der Waals surface area contributed by atoms with Crippen LogP contribution in [0.3, 0.4) is 0 Å². The van der Waals surface area contributed by atoms with Crippen LogP contribution in [0.1, 0.15) is 70.1 Å². The molecule has 0 spiro atoms. The van der Waals surface area contributed by atoms with E-state index in [0.29, 0.717) is 23.6 Å². The molecule has 2 fully saturated rings. The van der Waals surface area contributed by atoms with E-state index < -0.39 is 0 Å². The Labute approximate surface area is 196 Å². The molecule has 2 bridgehead atoms. The zero-order valence-corrected chi connectivity index (χ0v) is 18.8. The van der Waals surface area contributed by atoms with Gasteiger partial charge in [0, 0.05) is 39.2 Å². The third kappa shape index (κ3) is 3.07. The van der Waals surface area contributed by atoms with E-state index in [9.17, 15) is 4.79 Å². The molecule has 34 heavy (non-hydrogen) atoms. The number of nitrogens with two attached hydrogens (primary N) is 1. The monoisotopic (exact) mass is 447 g/mol. The van der Waals surface area contributed by atoms with Crippen LogP contribution >= 0.6 is 0 Å². The van der Waals surface area contributed by atoms with E-state index in [1.165, 1.54) is 42.0 Å². The van der Waals surface area contributed by atoms with Gasteiger partial charge in [0.05, 0.1) is 0 Å². The van der Waals surface area contributed by atoms with Gasteiger partial charge in [-0.25, -0.2) is 0 Å². The van der Waals surface area contributed by atoms with Crippen molar-refractivity contribution in [2.75, 3.05) is 0 Å². The first-order chi connectivity index (χ1) is 16.6. The van der Waals surface area contributed by atoms with Gasteiger partial charge in [-0.05, 0) is 84.5 Å². The Morgan fingerprint density at radius 1 is 0.824 bits per heavy atom. The quantitative estimate of drug-likeness (QED) is 0.166. The fourth-order valence-electron chi connectivity index (χ4n) is 5.27. The molecule has 7 rings (SSSR count). The van der Waals surface area contributed by atoms with Gasteiger partial charge in [-0.2, -0.15) is 0 Å². The van der Waals surface area contributed by atoms with E-state index >= 15 is 0 Å². The smallest absolute Gasteiger partial charge is 0.251 e. The minimum atomic E-state index is -0.116. The molecule has 0 aliphatic heterocycles. The van der Waals surface area contributed by atoms with Crippen LogP contribution < -0.4 is 11.1 Å². The molecule has 3 aromatic carbocycles. The van der Waals surface area contributed by atoms with E-state index in [1.54, 1.807) is 17.7 Å². The number of hydrogen-bond acceptors (Lipinski definition) is 3. The normalized spacial score (nSPS) is 16.0. The van der Waals surface area contributed by atoms with Crippen molar-refractivity contribution < 1.29 is 9.21 Å². The zero-order chi connectivity index (χ0) is 23.0. The molecule has 168 valence electrons. The zero-order valence-electron chi connectivity index (χ0n) is 18.8. The molecule has 0 radical (unpaired) electrons. The Hall–Kier alpha value is -3.86. The number of rotatable bonds is 6. The van der Waals surface area contributed by atoms with E-state index in [1.807, 2.05) is 30.3 Å². The van der Waals surface area contributed by atoms with Crippen molar-refractivity contribution in [1.82, 2.24) is 5.32 Å². The van der Waals surface area contributed by atoms with Crippen LogP contribution in [0.25, 0.3) is 32.7 Å². The lowest BCUT2D eigenvalue weighted by Crippen LogP contribution is -2.22. The third-order valence-electron chi connectivity index (χ3n) is 7.44. The van der Waals surface area contributed by atoms with Gasteiger partial charge in [0.2, 0.25) is 0 Å². The van der Waals surface area contributed by atoms with Gasteiger partial charge in [0.15, 0.2) is 0 Å². The molecule has 5 heteroatoms. The second-order valence-electron chi connectivity index (χ2n) is 9.89. The molecule has 0 saturated heterocycles. The van der Waals surface area contributed by atoms with Crippen molar-refractivity contribution in [2.24, 2.45) is 5.73 Å². The summed E-state index contributed by atoms with van der Waals surface area (Å²) in [4.78, 5) is 12.9. The van der Waals surface area contributed by atoms with Crippen LogP contribution in [0.2, 0.25) is 0 Å². The lowest BCUT2D eigenvalue weighted by Gasteiger charge is -2.10. The first-order valence-corrected chi connectivity index (χ1v) is 12.0. The molecule has 1 amide bonds. The molecule has 2 aromatic heterocycles. The van der Waals surface area contributed by atoms with Gasteiger partial charge in [-0.1, -0.05) is 24.3 Å². The number of nitrogen functional groups attached to an aromatic ring is 1. The summed E-state index contributed by atoms with van der Waals surface area (Å²) in [6, 6.07) is 18.0. The summed E-state index contributed by atoms with van der Waals surface area (Å²) in [5.74, 6) is 1.37. The second kappa shape index (κ2) is 7.07. The van der Waals surface area contributed by atoms with E-state index in [-0.39, 0.29) is 11.7 Å². The minimum Gasteiger partial charge on any atom is -0.455 e. The Balaban J connectivity index is 1.21. The molecular formula is C29H25N3O2. The van der Waals surface area contributed by atoms with Gasteiger partial charge in [0.25, 0.3) is 5.91 Å². The summed E-state index contributed by atoms with van der Waals surface area (Å²) in [7, 11) is 0. The van der Waals surface area contributed by atoms with Gasteiger partial charge >= 0.3 is 0 Å². The van der Waals surface area contributed by atoms with Gasteiger partial charge in [-0.3, -0.25) is 10.2 Å². The van der Waals surface area contributed by atoms with E-state index in [0.717, 1.165) is 33.4 Å². The summed E-state index contributed by atoms with van der Waals surface area (Å²) >= 11 is 0. The Morgan fingerprint density at radius 3 is 1.97 bits per heavy atom. The number of nitrogens with one attached hydrogen (secondary N) is 2. The summed E-state index contributed by atoms with van der Waals surface area (Å²) in [6.45, 7) is 0.413. The summed E-state index contributed by atoms with van der Waals surface area (Å²) < 4.78 is 6.29. The van der Waals surface area contributed by atoms with Crippen LogP contribution in [0, 0.1) is 5.41 Å². The molecule has 2 aliphatic rings. The molecule has 2 aliphatic carbocycles. The number of hydrogen-bond donors (Lipinski definition) is 3. The molecule has 2 heterocycles. The fourth-order valence-corrected chi connectivity index (χ4v) is 5.27. The lowest BCUT2D eigenvalue weighted by molar-refractivity contribution is 0.0951. The molecule has 2 saturated carbocycles. The number of carbonyl (C=O) groups is 1. The predicted octanol–water partition coefficient (Wildman–Crippen LogP) is 6.15. The van der Waals surface area contributed by atoms with Crippen molar-refractivity contribution in [3.63, 3.8) is 0 Å². The van der Waals surface area contributed by atoms with Crippen molar-refractivity contribution in [3.05, 3.63) is 82.4 Å². The molecular weight excluding hydrogens is 422 g/mol. The van der Waals surface area contributed by atoms with Crippen molar-refractivity contribution in [2.45, 2.75) is 44.1 Å². The maximum atomic E-state index is 12.9. The van der Waals surface area contributed by atoms with E-state index in [4.69, 9.17) is 15.6 Å². The molecule has 0 atom stereocenters. The first-order valence-electron chi connectivity index (χ1n) is 12.0. The van der Waals surface area contributed by atoms with Crippen molar-refractivity contribution in [3.8, 4) is 0 Å². The number of fused-ring (bicyclic) bond motifs is 8. The van der Waals surface area contributed by atoms with Crippen molar-refractivity contribution in [1.29, 1.82) is 5.41 Å². The third-order valence-corrected chi connectivity index (χ3v) is 7.44. The molecule has 5 nitrogen and oxygen atoms in total. The topological polar surface area (TPSA) is 92.1 Å². The number of carbonyl (C=O) groups excluding carboxylic acids is 1. The highest BCUT2D eigenvalue weighted by Gasteiger charge is 2.34. The average Bonchev–Trinajstić information content (AvgIpc) is 3.79. The maximum Gasteiger partial charge on any atom is 0.251 e. The maximum absolute atomic E-state index is 12.9. The second-order valence-corrected chi connectivity index (χ2v) is 9.89. The van der Waals surface area contributed by atoms with Crippen LogP contribution in [0.15, 0.2) is 59.0 Å². The van der Waals surface area contributed by atoms with Gasteiger partial charge in [0.1, 0.15) is 17.0 Å². The molecule has 4 N–H and O–H groups in total. The number of amidine groups is 1. The average molecular weight is 448 g/mol. The Bertz CT molecular complexity index is 1600. The number of furan rings is 2. The Kier molecular flexibility index (Phi) is 4.07. The van der Waals surface area contributed by atoms with Gasteiger partial charge < -0.3 is 15.5 Å². The van der Waals surface area contributed by atoms with Crippen molar-refractivity contribution >= 4 is 44.5 Å². The van der Waals surface area contributed by atoms with Crippen LogP contribution in [0.4, 0.5) is 0 Å². The number of amides is 1. The Morgan fingerprint density at radius 2 is 1.38 bits per heavy atom. The van der Waals surface area contributed by atoms with Crippen LogP contribution in [-0.4, -0.2) is 11.7 Å². The summed E-state index contributed by atoms with van der Waals surface area (Å²) in [5.41, 5.74) is 12.7. The highest BCUT2D eigenvalue weighted by molar-refractivity contribution is 6.26. The summed E-state index contributed by atoms with van der Waals surface area (Å²) in [5, 5.41) is 15.0. The lowest BCUT2D eigenvalue weighted by atomic mass is 9.93. The number of benzene rings is 4. The van der Waals surface area contributed by atoms with Crippen LogP contribution in [0.5, 0.6) is 0 Å². The standard InChI is InChI=1S/C29H25N3O2/c30-28(31)18-3-1-15(2-4-18)14-32-29(33)19-9-10-20-23(11-19)27-25-13-22(17-7-8-17)21(16-5-6-16)12-24(25)26(20)34-27/h1-4,9-13,16-17H,5-8,14H2,(H3,30,31)(H,32,33). The van der Waals surface area contributed by atoms with Gasteiger partial charge in [-0.15, -0.1) is 0 Å². The highest BCUT2D eigenvalue weighted by atomic mass is 16.3. The van der Waals surface area contributed by atoms with E-state index in [2.05, 4.69) is 17.4 Å². The summed E-state index contributed by atoms with van der Waals surface area (Å²) in [6.07, 6.45) is 5.20. The minimum absolute atomic E-state index is 0.0372. The first kappa shape index (κ1) is 19.6. The largest absolute Gasteiger partial charge is 0.455 e. The van der Waals surface area contributed by atoms with Crippen LogP contribution in [-0.2, 0) is 6.54 Å². The highest BCUT2D eigenvalue weighted by Crippen LogP contribution is 2.52. The predicted molar refractivity (Wildman–Crippen MR) is 135 cm³/mol. The fraction of sp³-hybridized carbons (Fsp3) is 0.241. The molecule has 5 aromatic rings.